The first-order valence-electron chi connectivity index (χ1n) is 5.56. The van der Waals surface area contributed by atoms with Crippen molar-refractivity contribution in [3.63, 3.8) is 0 Å². The summed E-state index contributed by atoms with van der Waals surface area (Å²) in [6.07, 6.45) is 0.597. The van der Waals surface area contributed by atoms with Gasteiger partial charge in [0.15, 0.2) is 0 Å². The molecule has 0 spiro atoms. The van der Waals surface area contributed by atoms with Crippen molar-refractivity contribution < 1.29 is 9.53 Å². The van der Waals surface area contributed by atoms with E-state index >= 15 is 0 Å². The largest absolute Gasteiger partial charge is 0.497 e. The van der Waals surface area contributed by atoms with E-state index in [2.05, 4.69) is 0 Å². The summed E-state index contributed by atoms with van der Waals surface area (Å²) >= 11 is 7.25. The fourth-order valence-corrected chi connectivity index (χ4v) is 2.90. The molecule has 2 rings (SSSR count). The summed E-state index contributed by atoms with van der Waals surface area (Å²) in [5.74, 6) is 0.512. The van der Waals surface area contributed by atoms with Crippen LogP contribution in [0.5, 0.6) is 5.75 Å². The molecule has 2 aromatic rings. The Morgan fingerprint density at radius 1 is 1.39 bits per heavy atom. The Morgan fingerprint density at radius 2 is 2.22 bits per heavy atom. The predicted octanol–water partition coefficient (Wildman–Crippen LogP) is 3.85. The molecule has 1 atom stereocenters. The van der Waals surface area contributed by atoms with Gasteiger partial charge in [-0.2, -0.15) is 0 Å². The molecule has 0 saturated heterocycles. The van der Waals surface area contributed by atoms with E-state index in [4.69, 9.17) is 16.3 Å². The van der Waals surface area contributed by atoms with Crippen LogP contribution in [-0.4, -0.2) is 12.4 Å². The molecule has 0 bridgehead atoms. The fourth-order valence-electron chi connectivity index (χ4n) is 1.82. The van der Waals surface area contributed by atoms with E-state index in [9.17, 15) is 4.79 Å². The van der Waals surface area contributed by atoms with Crippen molar-refractivity contribution in [1.82, 2.24) is 0 Å². The molecule has 0 fully saturated rings. The van der Waals surface area contributed by atoms with E-state index in [0.717, 1.165) is 16.2 Å². The minimum absolute atomic E-state index is 0.279. The van der Waals surface area contributed by atoms with Crippen LogP contribution < -0.4 is 4.74 Å². The van der Waals surface area contributed by atoms with Crippen molar-refractivity contribution in [2.24, 2.45) is 0 Å². The van der Waals surface area contributed by atoms with E-state index in [1.54, 1.807) is 18.4 Å². The molecule has 1 unspecified atom stereocenters. The molecular formula is C14H13ClO2S. The molecule has 0 amide bonds. The predicted molar refractivity (Wildman–Crippen MR) is 74.6 cm³/mol. The lowest BCUT2D eigenvalue weighted by Crippen LogP contribution is -2.08. The quantitative estimate of drug-likeness (QED) is 0.778. The highest BCUT2D eigenvalue weighted by Crippen LogP contribution is 2.28. The number of carbonyl (C=O) groups excluding carboxylic acids is 1. The third-order valence-corrected chi connectivity index (χ3v) is 3.98. The van der Waals surface area contributed by atoms with Crippen molar-refractivity contribution in [1.29, 1.82) is 0 Å². The zero-order chi connectivity index (χ0) is 13.0. The fraction of sp³-hybridized carbons (Fsp3) is 0.214. The molecule has 1 aromatic heterocycles. The Labute approximate surface area is 115 Å². The Bertz CT molecular complexity index is 522. The van der Waals surface area contributed by atoms with Gasteiger partial charge in [0.2, 0.25) is 5.24 Å². The number of carbonyl (C=O) groups is 1. The van der Waals surface area contributed by atoms with Crippen molar-refractivity contribution in [3.8, 4) is 5.75 Å². The van der Waals surface area contributed by atoms with Crippen LogP contribution in [0.3, 0.4) is 0 Å². The Morgan fingerprint density at radius 3 is 2.83 bits per heavy atom. The number of thiophene rings is 1. The van der Waals surface area contributed by atoms with Gasteiger partial charge < -0.3 is 4.74 Å². The van der Waals surface area contributed by atoms with Crippen molar-refractivity contribution in [3.05, 3.63) is 52.2 Å². The molecule has 0 radical (unpaired) electrons. The molecule has 18 heavy (non-hydrogen) atoms. The van der Waals surface area contributed by atoms with Crippen LogP contribution in [-0.2, 0) is 11.2 Å². The van der Waals surface area contributed by atoms with E-state index < -0.39 is 0 Å². The second-order valence-corrected chi connectivity index (χ2v) is 5.28. The van der Waals surface area contributed by atoms with Gasteiger partial charge in [0.1, 0.15) is 5.75 Å². The maximum absolute atomic E-state index is 11.5. The van der Waals surface area contributed by atoms with Crippen molar-refractivity contribution in [2.45, 2.75) is 12.3 Å². The van der Waals surface area contributed by atoms with Gasteiger partial charge in [-0.1, -0.05) is 18.2 Å². The number of hydrogen-bond donors (Lipinski definition) is 0. The summed E-state index contributed by atoms with van der Waals surface area (Å²) in [4.78, 5) is 12.5. The highest BCUT2D eigenvalue weighted by molar-refractivity contribution is 7.10. The van der Waals surface area contributed by atoms with Gasteiger partial charge >= 0.3 is 0 Å². The molecule has 1 heterocycles. The third-order valence-electron chi connectivity index (χ3n) is 2.73. The average molecular weight is 281 g/mol. The van der Waals surface area contributed by atoms with E-state index in [1.807, 2.05) is 41.8 Å². The number of methoxy groups -OCH3 is 1. The van der Waals surface area contributed by atoms with Crippen LogP contribution >= 0.6 is 22.9 Å². The van der Waals surface area contributed by atoms with Gasteiger partial charge in [-0.3, -0.25) is 4.79 Å². The molecule has 0 aliphatic carbocycles. The lowest BCUT2D eigenvalue weighted by molar-refractivity contribution is -0.112. The summed E-state index contributed by atoms with van der Waals surface area (Å²) in [6.45, 7) is 0. The van der Waals surface area contributed by atoms with Crippen LogP contribution in [0.1, 0.15) is 16.4 Å². The van der Waals surface area contributed by atoms with Crippen molar-refractivity contribution >= 4 is 28.2 Å². The highest BCUT2D eigenvalue weighted by atomic mass is 35.5. The second-order valence-electron chi connectivity index (χ2n) is 3.93. The number of rotatable bonds is 5. The van der Waals surface area contributed by atoms with E-state index in [1.165, 1.54) is 0 Å². The Kier molecular flexibility index (Phi) is 4.39. The summed E-state index contributed by atoms with van der Waals surface area (Å²) in [6, 6.07) is 11.6. The maximum Gasteiger partial charge on any atom is 0.230 e. The minimum atomic E-state index is -0.319. The van der Waals surface area contributed by atoms with Gasteiger partial charge in [-0.15, -0.1) is 11.3 Å². The van der Waals surface area contributed by atoms with Crippen LogP contribution in [0.2, 0.25) is 0 Å². The topological polar surface area (TPSA) is 26.3 Å². The monoisotopic (exact) mass is 280 g/mol. The molecule has 1 aromatic carbocycles. The molecule has 0 aliphatic rings. The number of hydrogen-bond acceptors (Lipinski definition) is 3. The smallest absolute Gasteiger partial charge is 0.230 e. The SMILES string of the molecule is COc1cccc(CC(C(=O)Cl)c2cccs2)c1. The van der Waals surface area contributed by atoms with E-state index in [0.29, 0.717) is 6.42 Å². The zero-order valence-electron chi connectivity index (χ0n) is 9.93. The maximum atomic E-state index is 11.5. The molecule has 0 N–H and O–H groups in total. The first-order chi connectivity index (χ1) is 8.70. The Balaban J connectivity index is 2.21. The number of halogens is 1. The lowest BCUT2D eigenvalue weighted by atomic mass is 9.99. The second kappa shape index (κ2) is 6.03. The summed E-state index contributed by atoms with van der Waals surface area (Å²) in [7, 11) is 1.63. The summed E-state index contributed by atoms with van der Waals surface area (Å²) in [5.41, 5.74) is 1.04. The molecule has 0 aliphatic heterocycles. The van der Waals surface area contributed by atoms with Gasteiger partial charge in [0, 0.05) is 4.88 Å². The van der Waals surface area contributed by atoms with Gasteiger partial charge in [0.25, 0.3) is 0 Å². The first-order valence-corrected chi connectivity index (χ1v) is 6.82. The van der Waals surface area contributed by atoms with E-state index in [-0.39, 0.29) is 11.2 Å². The molecular weight excluding hydrogens is 268 g/mol. The summed E-state index contributed by atoms with van der Waals surface area (Å²) in [5, 5.41) is 1.63. The minimum Gasteiger partial charge on any atom is -0.497 e. The van der Waals surface area contributed by atoms with Crippen LogP contribution in [0.15, 0.2) is 41.8 Å². The average Bonchev–Trinajstić information content (AvgIpc) is 2.89. The lowest BCUT2D eigenvalue weighted by Gasteiger charge is -2.11. The van der Waals surface area contributed by atoms with Crippen LogP contribution in [0, 0.1) is 0 Å². The van der Waals surface area contributed by atoms with Gasteiger partial charge in [-0.05, 0) is 47.2 Å². The zero-order valence-corrected chi connectivity index (χ0v) is 11.5. The molecule has 2 nitrogen and oxygen atoms in total. The molecule has 4 heteroatoms. The number of benzene rings is 1. The van der Waals surface area contributed by atoms with Crippen LogP contribution in [0.25, 0.3) is 0 Å². The Hall–Kier alpha value is -1.32. The number of ether oxygens (including phenoxy) is 1. The normalized spacial score (nSPS) is 12.1. The first kappa shape index (κ1) is 13.1. The summed E-state index contributed by atoms with van der Waals surface area (Å²) < 4.78 is 5.17. The van der Waals surface area contributed by atoms with Gasteiger partial charge in [0.05, 0.1) is 13.0 Å². The third kappa shape index (κ3) is 3.12. The molecule has 0 saturated carbocycles. The van der Waals surface area contributed by atoms with Crippen molar-refractivity contribution in [2.75, 3.05) is 7.11 Å². The standard InChI is InChI=1S/C14H13ClO2S/c1-17-11-5-2-4-10(8-11)9-12(14(15)16)13-6-3-7-18-13/h2-8,12H,9H2,1H3. The van der Waals surface area contributed by atoms with Gasteiger partial charge in [-0.25, -0.2) is 0 Å². The van der Waals surface area contributed by atoms with Crippen LogP contribution in [0.4, 0.5) is 0 Å². The molecule has 94 valence electrons. The highest BCUT2D eigenvalue weighted by Gasteiger charge is 2.20.